The van der Waals surface area contributed by atoms with Gasteiger partial charge < -0.3 is 10.2 Å². The minimum Gasteiger partial charge on any atom is -0.379 e. The van der Waals surface area contributed by atoms with Crippen LogP contribution in [0.25, 0.3) is 0 Å². The first kappa shape index (κ1) is 10.4. The lowest BCUT2D eigenvalue weighted by Gasteiger charge is -2.15. The van der Waals surface area contributed by atoms with Crippen molar-refractivity contribution in [3.8, 4) is 0 Å². The molecule has 1 aliphatic heterocycles. The zero-order valence-electron chi connectivity index (χ0n) is 9.70. The third-order valence-electron chi connectivity index (χ3n) is 3.25. The molecular weight excluding hydrogens is 186 g/mol. The van der Waals surface area contributed by atoms with E-state index in [1.165, 1.54) is 12.1 Å². The fraction of sp³-hybridized carbons (Fsp3) is 0.583. The van der Waals surface area contributed by atoms with Crippen molar-refractivity contribution >= 4 is 5.69 Å². The molecule has 82 valence electrons. The molecule has 0 amide bonds. The molecule has 3 heteroatoms. The zero-order chi connectivity index (χ0) is 10.8. The van der Waals surface area contributed by atoms with Gasteiger partial charge in [-0.3, -0.25) is 4.98 Å². The average Bonchev–Trinajstić information content (AvgIpc) is 2.50. The third kappa shape index (κ3) is 2.29. The predicted molar refractivity (Wildman–Crippen MR) is 63.1 cm³/mol. The van der Waals surface area contributed by atoms with Crippen LogP contribution in [0.4, 0.5) is 5.69 Å². The smallest absolute Gasteiger partial charge is 0.0603 e. The summed E-state index contributed by atoms with van der Waals surface area (Å²) in [5, 5.41) is 3.57. The van der Waals surface area contributed by atoms with Crippen LogP contribution >= 0.6 is 0 Å². The Bertz CT molecular complexity index is 327. The maximum absolute atomic E-state index is 4.28. The van der Waals surface area contributed by atoms with E-state index in [-0.39, 0.29) is 0 Å². The molecule has 3 nitrogen and oxygen atoms in total. The van der Waals surface area contributed by atoms with Crippen molar-refractivity contribution in [1.82, 2.24) is 9.88 Å². The van der Waals surface area contributed by atoms with Gasteiger partial charge in [-0.2, -0.15) is 0 Å². The van der Waals surface area contributed by atoms with E-state index in [0.717, 1.165) is 12.2 Å². The van der Waals surface area contributed by atoms with Crippen LogP contribution in [0.2, 0.25) is 0 Å². The molecule has 1 aromatic rings. The van der Waals surface area contributed by atoms with Crippen molar-refractivity contribution in [2.45, 2.75) is 32.4 Å². The van der Waals surface area contributed by atoms with E-state index in [2.05, 4.69) is 35.2 Å². The molecule has 2 unspecified atom stereocenters. The van der Waals surface area contributed by atoms with Crippen molar-refractivity contribution in [3.05, 3.63) is 24.0 Å². The van der Waals surface area contributed by atoms with Crippen LogP contribution < -0.4 is 5.32 Å². The average molecular weight is 205 g/mol. The number of hydrogen-bond acceptors (Lipinski definition) is 3. The summed E-state index contributed by atoms with van der Waals surface area (Å²) in [7, 11) is 2.18. The molecule has 2 atom stereocenters. The topological polar surface area (TPSA) is 28.2 Å². The lowest BCUT2D eigenvalue weighted by Crippen LogP contribution is -2.25. The highest BCUT2D eigenvalue weighted by Gasteiger charge is 2.25. The number of likely N-dealkylation sites (N-methyl/N-ethyl adjacent to an activating group) is 1. The van der Waals surface area contributed by atoms with Crippen molar-refractivity contribution in [2.75, 3.05) is 18.9 Å². The second-order valence-corrected chi connectivity index (χ2v) is 4.50. The number of likely N-dealkylation sites (tertiary alicyclic amines) is 1. The van der Waals surface area contributed by atoms with Gasteiger partial charge in [-0.05, 0) is 39.4 Å². The molecule has 0 aliphatic carbocycles. The fourth-order valence-electron chi connectivity index (χ4n) is 2.16. The summed E-state index contributed by atoms with van der Waals surface area (Å²) >= 11 is 0. The summed E-state index contributed by atoms with van der Waals surface area (Å²) < 4.78 is 0. The monoisotopic (exact) mass is 205 g/mol. The van der Waals surface area contributed by atoms with Gasteiger partial charge in [0.05, 0.1) is 11.4 Å². The molecule has 2 rings (SSSR count). The molecular formula is C12H19N3. The summed E-state index contributed by atoms with van der Waals surface area (Å²) in [5.74, 6) is 0. The van der Waals surface area contributed by atoms with Gasteiger partial charge in [0.25, 0.3) is 0 Å². The summed E-state index contributed by atoms with van der Waals surface area (Å²) in [6.07, 6.45) is 3.05. The quantitative estimate of drug-likeness (QED) is 0.799. The van der Waals surface area contributed by atoms with Crippen LogP contribution in [0.3, 0.4) is 0 Å². The molecule has 1 fully saturated rings. The van der Waals surface area contributed by atoms with Crippen LogP contribution in [0.1, 0.15) is 19.0 Å². The maximum Gasteiger partial charge on any atom is 0.0603 e. The Morgan fingerprint density at radius 3 is 2.93 bits per heavy atom. The van der Waals surface area contributed by atoms with E-state index in [4.69, 9.17) is 0 Å². The van der Waals surface area contributed by atoms with Crippen LogP contribution in [0, 0.1) is 6.92 Å². The molecule has 0 spiro atoms. The molecule has 0 saturated carbocycles. The van der Waals surface area contributed by atoms with Crippen molar-refractivity contribution in [1.29, 1.82) is 0 Å². The third-order valence-corrected chi connectivity index (χ3v) is 3.25. The summed E-state index contributed by atoms with van der Waals surface area (Å²) in [5.41, 5.74) is 2.25. The number of aromatic nitrogens is 1. The van der Waals surface area contributed by atoms with E-state index in [1.54, 1.807) is 0 Å². The van der Waals surface area contributed by atoms with Crippen LogP contribution in [0.5, 0.6) is 0 Å². The van der Waals surface area contributed by atoms with E-state index < -0.39 is 0 Å². The number of rotatable bonds is 2. The molecule has 0 radical (unpaired) electrons. The van der Waals surface area contributed by atoms with Crippen molar-refractivity contribution < 1.29 is 0 Å². The highest BCUT2D eigenvalue weighted by atomic mass is 15.2. The van der Waals surface area contributed by atoms with Gasteiger partial charge in [0.1, 0.15) is 0 Å². The summed E-state index contributed by atoms with van der Waals surface area (Å²) in [4.78, 5) is 6.68. The Kier molecular flexibility index (Phi) is 2.91. The fourth-order valence-corrected chi connectivity index (χ4v) is 2.16. The zero-order valence-corrected chi connectivity index (χ0v) is 9.70. The molecule has 2 heterocycles. The lowest BCUT2D eigenvalue weighted by atomic mass is 10.2. The highest BCUT2D eigenvalue weighted by Crippen LogP contribution is 2.20. The number of aryl methyl sites for hydroxylation is 1. The standard InChI is InChI=1S/C12H19N3/c1-9-7-11(8-15(9)3)14-12-5-4-6-13-10(12)2/h4-6,9,11,14H,7-8H2,1-3H3. The lowest BCUT2D eigenvalue weighted by molar-refractivity contribution is 0.330. The van der Waals surface area contributed by atoms with Gasteiger partial charge in [0, 0.05) is 24.8 Å². The summed E-state index contributed by atoms with van der Waals surface area (Å²) in [6, 6.07) is 5.33. The predicted octanol–water partition coefficient (Wildman–Crippen LogP) is 1.89. The molecule has 15 heavy (non-hydrogen) atoms. The molecule has 0 bridgehead atoms. The van der Waals surface area contributed by atoms with E-state index in [1.807, 2.05) is 19.2 Å². The number of hydrogen-bond donors (Lipinski definition) is 1. The second kappa shape index (κ2) is 4.19. The first-order valence-corrected chi connectivity index (χ1v) is 5.55. The molecule has 0 aromatic carbocycles. The Morgan fingerprint density at radius 1 is 1.53 bits per heavy atom. The van der Waals surface area contributed by atoms with Gasteiger partial charge in [-0.1, -0.05) is 0 Å². The normalized spacial score (nSPS) is 26.9. The van der Waals surface area contributed by atoms with E-state index in [9.17, 15) is 0 Å². The Labute approximate surface area is 91.5 Å². The summed E-state index contributed by atoms with van der Waals surface area (Å²) in [6.45, 7) is 5.44. The van der Waals surface area contributed by atoms with Crippen LogP contribution in [0.15, 0.2) is 18.3 Å². The van der Waals surface area contributed by atoms with Gasteiger partial charge in [-0.25, -0.2) is 0 Å². The van der Waals surface area contributed by atoms with Gasteiger partial charge in [0.2, 0.25) is 0 Å². The first-order valence-electron chi connectivity index (χ1n) is 5.55. The van der Waals surface area contributed by atoms with Crippen molar-refractivity contribution in [3.63, 3.8) is 0 Å². The number of anilines is 1. The van der Waals surface area contributed by atoms with Gasteiger partial charge >= 0.3 is 0 Å². The van der Waals surface area contributed by atoms with Gasteiger partial charge in [0.15, 0.2) is 0 Å². The number of nitrogens with zero attached hydrogens (tertiary/aromatic N) is 2. The molecule has 1 aromatic heterocycles. The van der Waals surface area contributed by atoms with Crippen LogP contribution in [-0.4, -0.2) is 35.6 Å². The minimum atomic E-state index is 0.563. The molecule has 1 aliphatic rings. The van der Waals surface area contributed by atoms with Crippen LogP contribution in [-0.2, 0) is 0 Å². The Morgan fingerprint density at radius 2 is 2.33 bits per heavy atom. The highest BCUT2D eigenvalue weighted by molar-refractivity contribution is 5.47. The number of nitrogens with one attached hydrogen (secondary N) is 1. The van der Waals surface area contributed by atoms with Crippen molar-refractivity contribution in [2.24, 2.45) is 0 Å². The molecule has 1 saturated heterocycles. The minimum absolute atomic E-state index is 0.563. The maximum atomic E-state index is 4.28. The van der Waals surface area contributed by atoms with E-state index >= 15 is 0 Å². The first-order chi connectivity index (χ1) is 7.16. The SMILES string of the molecule is Cc1ncccc1NC1CC(C)N(C)C1. The van der Waals surface area contributed by atoms with E-state index in [0.29, 0.717) is 12.1 Å². The second-order valence-electron chi connectivity index (χ2n) is 4.50. The molecule has 1 N–H and O–H groups in total. The number of pyridine rings is 1. The Hall–Kier alpha value is -1.09. The largest absolute Gasteiger partial charge is 0.379 e. The Balaban J connectivity index is 2.01. The van der Waals surface area contributed by atoms with Gasteiger partial charge in [-0.15, -0.1) is 0 Å².